The van der Waals surface area contributed by atoms with Crippen LogP contribution in [0.4, 0.5) is 0 Å². The fraction of sp³-hybridized carbons (Fsp3) is 0.286. The fourth-order valence-electron chi connectivity index (χ4n) is 1.83. The van der Waals surface area contributed by atoms with Crippen molar-refractivity contribution in [2.24, 2.45) is 0 Å². The van der Waals surface area contributed by atoms with Crippen LogP contribution in [-0.4, -0.2) is 22.0 Å². The first-order valence-corrected chi connectivity index (χ1v) is 5.79. The summed E-state index contributed by atoms with van der Waals surface area (Å²) in [5.41, 5.74) is 1.40. The third-order valence-corrected chi connectivity index (χ3v) is 2.75. The molecule has 0 aliphatic carbocycles. The van der Waals surface area contributed by atoms with Crippen LogP contribution in [0.1, 0.15) is 30.1 Å². The molecule has 0 bridgehead atoms. The summed E-state index contributed by atoms with van der Waals surface area (Å²) in [5.74, 6) is -0.211. The molecule has 3 nitrogen and oxygen atoms in total. The van der Waals surface area contributed by atoms with Gasteiger partial charge in [-0.1, -0.05) is 19.4 Å². The summed E-state index contributed by atoms with van der Waals surface area (Å²) in [7, 11) is 0. The predicted molar refractivity (Wildman–Crippen MR) is 67.0 cm³/mol. The van der Waals surface area contributed by atoms with Crippen molar-refractivity contribution in [3.05, 3.63) is 42.1 Å². The molecule has 1 heterocycles. The Labute approximate surface area is 100 Å². The zero-order valence-electron chi connectivity index (χ0n) is 9.76. The summed E-state index contributed by atoms with van der Waals surface area (Å²) in [4.78, 5) is 16.1. The minimum Gasteiger partial charge on any atom is -0.385 e. The van der Waals surface area contributed by atoms with Gasteiger partial charge in [-0.3, -0.25) is 9.78 Å². The summed E-state index contributed by atoms with van der Waals surface area (Å²) >= 11 is 0. The van der Waals surface area contributed by atoms with Gasteiger partial charge in [0, 0.05) is 17.1 Å². The molecule has 1 atom stereocenters. The number of aliphatic hydroxyl groups is 1. The van der Waals surface area contributed by atoms with Gasteiger partial charge in [-0.25, -0.2) is 0 Å². The Balaban J connectivity index is 2.33. The molecule has 3 heteroatoms. The van der Waals surface area contributed by atoms with E-state index in [1.54, 1.807) is 24.4 Å². The molecule has 0 amide bonds. The van der Waals surface area contributed by atoms with Crippen LogP contribution >= 0.6 is 0 Å². The Morgan fingerprint density at radius 1 is 1.41 bits per heavy atom. The zero-order valence-corrected chi connectivity index (χ0v) is 9.76. The molecule has 1 aromatic heterocycles. The topological polar surface area (TPSA) is 50.2 Å². The van der Waals surface area contributed by atoms with Crippen LogP contribution in [0, 0.1) is 0 Å². The van der Waals surface area contributed by atoms with Gasteiger partial charge in [0.1, 0.15) is 6.10 Å². The molecule has 88 valence electrons. The first kappa shape index (κ1) is 11.7. The summed E-state index contributed by atoms with van der Waals surface area (Å²) in [5, 5.41) is 10.6. The molecule has 0 radical (unpaired) electrons. The lowest BCUT2D eigenvalue weighted by atomic mass is 10.0. The molecule has 0 aliphatic heterocycles. The number of ketones is 1. The maximum atomic E-state index is 11.9. The van der Waals surface area contributed by atoms with Gasteiger partial charge in [-0.15, -0.1) is 0 Å². The van der Waals surface area contributed by atoms with Gasteiger partial charge in [0.25, 0.3) is 0 Å². The molecule has 0 spiro atoms. The SMILES string of the molecule is CCCC(O)C(=O)c1ccc2ncccc2c1. The van der Waals surface area contributed by atoms with E-state index in [9.17, 15) is 9.90 Å². The number of hydrogen-bond acceptors (Lipinski definition) is 3. The maximum absolute atomic E-state index is 11.9. The molecule has 1 aromatic carbocycles. The highest BCUT2D eigenvalue weighted by Gasteiger charge is 2.16. The molecule has 2 rings (SSSR count). The van der Waals surface area contributed by atoms with Crippen molar-refractivity contribution in [2.45, 2.75) is 25.9 Å². The zero-order chi connectivity index (χ0) is 12.3. The van der Waals surface area contributed by atoms with E-state index in [-0.39, 0.29) is 5.78 Å². The number of carbonyl (C=O) groups excluding carboxylic acids is 1. The Morgan fingerprint density at radius 2 is 2.24 bits per heavy atom. The number of aromatic nitrogens is 1. The fourth-order valence-corrected chi connectivity index (χ4v) is 1.83. The van der Waals surface area contributed by atoms with Crippen LogP contribution in [0.5, 0.6) is 0 Å². The lowest BCUT2D eigenvalue weighted by Gasteiger charge is -2.08. The van der Waals surface area contributed by atoms with E-state index in [0.29, 0.717) is 12.0 Å². The van der Waals surface area contributed by atoms with Gasteiger partial charge in [0.2, 0.25) is 0 Å². The van der Waals surface area contributed by atoms with Crippen LogP contribution < -0.4 is 0 Å². The normalized spacial score (nSPS) is 12.6. The molecule has 17 heavy (non-hydrogen) atoms. The van der Waals surface area contributed by atoms with Crippen molar-refractivity contribution in [3.8, 4) is 0 Å². The van der Waals surface area contributed by atoms with E-state index in [1.165, 1.54) is 0 Å². The van der Waals surface area contributed by atoms with E-state index in [2.05, 4.69) is 4.98 Å². The number of benzene rings is 1. The number of rotatable bonds is 4. The lowest BCUT2D eigenvalue weighted by molar-refractivity contribution is 0.0729. The summed E-state index contributed by atoms with van der Waals surface area (Å²) < 4.78 is 0. The third kappa shape index (κ3) is 2.50. The third-order valence-electron chi connectivity index (χ3n) is 2.75. The molecule has 2 aromatic rings. The van der Waals surface area contributed by atoms with Gasteiger partial charge in [-0.05, 0) is 30.7 Å². The van der Waals surface area contributed by atoms with E-state index in [4.69, 9.17) is 0 Å². The van der Waals surface area contributed by atoms with Crippen molar-refractivity contribution in [3.63, 3.8) is 0 Å². The molecule has 1 N–H and O–H groups in total. The highest BCUT2D eigenvalue weighted by molar-refractivity contribution is 6.01. The Morgan fingerprint density at radius 3 is 3.00 bits per heavy atom. The summed E-state index contributed by atoms with van der Waals surface area (Å²) in [6.45, 7) is 1.95. The van der Waals surface area contributed by atoms with Crippen LogP contribution in [0.15, 0.2) is 36.5 Å². The second-order valence-electron chi connectivity index (χ2n) is 4.08. The highest BCUT2D eigenvalue weighted by atomic mass is 16.3. The molecule has 0 saturated heterocycles. The second kappa shape index (κ2) is 5.06. The van der Waals surface area contributed by atoms with Crippen molar-refractivity contribution >= 4 is 16.7 Å². The monoisotopic (exact) mass is 229 g/mol. The van der Waals surface area contributed by atoms with Crippen molar-refractivity contribution in [1.82, 2.24) is 4.98 Å². The van der Waals surface area contributed by atoms with Gasteiger partial charge >= 0.3 is 0 Å². The predicted octanol–water partition coefficient (Wildman–Crippen LogP) is 2.58. The second-order valence-corrected chi connectivity index (χ2v) is 4.08. The molecule has 0 aliphatic rings. The van der Waals surface area contributed by atoms with Gasteiger partial charge in [-0.2, -0.15) is 0 Å². The van der Waals surface area contributed by atoms with Crippen LogP contribution in [0.3, 0.4) is 0 Å². The van der Waals surface area contributed by atoms with Crippen molar-refractivity contribution in [2.75, 3.05) is 0 Å². The minimum absolute atomic E-state index is 0.211. The molecule has 0 saturated carbocycles. The quantitative estimate of drug-likeness (QED) is 0.820. The molecular formula is C14H15NO2. The van der Waals surface area contributed by atoms with E-state index in [1.807, 2.05) is 19.1 Å². The summed E-state index contributed by atoms with van der Waals surface area (Å²) in [6.07, 6.45) is 2.12. The maximum Gasteiger partial charge on any atom is 0.191 e. The highest BCUT2D eigenvalue weighted by Crippen LogP contribution is 2.15. The smallest absolute Gasteiger partial charge is 0.191 e. The number of aliphatic hydroxyl groups excluding tert-OH is 1. The van der Waals surface area contributed by atoms with E-state index >= 15 is 0 Å². The van der Waals surface area contributed by atoms with Crippen molar-refractivity contribution < 1.29 is 9.90 Å². The first-order chi connectivity index (χ1) is 8.22. The van der Waals surface area contributed by atoms with Crippen LogP contribution in [0.2, 0.25) is 0 Å². The van der Waals surface area contributed by atoms with Crippen LogP contribution in [-0.2, 0) is 0 Å². The Kier molecular flexibility index (Phi) is 3.49. The minimum atomic E-state index is -0.894. The number of nitrogens with zero attached hydrogens (tertiary/aromatic N) is 1. The summed E-state index contributed by atoms with van der Waals surface area (Å²) in [6, 6.07) is 9.05. The number of Topliss-reactive ketones (excluding diaryl/α,β-unsaturated/α-hetero) is 1. The largest absolute Gasteiger partial charge is 0.385 e. The standard InChI is InChI=1S/C14H15NO2/c1-2-4-13(16)14(17)11-6-7-12-10(9-11)5-3-8-15-12/h3,5-9,13,16H,2,4H2,1H3. The Bertz CT molecular complexity index is 536. The average Bonchev–Trinajstić information content (AvgIpc) is 2.37. The van der Waals surface area contributed by atoms with E-state index < -0.39 is 6.10 Å². The first-order valence-electron chi connectivity index (χ1n) is 5.79. The number of pyridine rings is 1. The van der Waals surface area contributed by atoms with Gasteiger partial charge in [0.15, 0.2) is 5.78 Å². The molecule has 0 fully saturated rings. The lowest BCUT2D eigenvalue weighted by Crippen LogP contribution is -2.19. The number of fused-ring (bicyclic) bond motifs is 1. The van der Waals surface area contributed by atoms with E-state index in [0.717, 1.165) is 17.3 Å². The number of hydrogen-bond donors (Lipinski definition) is 1. The van der Waals surface area contributed by atoms with Crippen molar-refractivity contribution in [1.29, 1.82) is 0 Å². The average molecular weight is 229 g/mol. The number of carbonyl (C=O) groups is 1. The Hall–Kier alpha value is -1.74. The van der Waals surface area contributed by atoms with Gasteiger partial charge < -0.3 is 5.11 Å². The molecule has 1 unspecified atom stereocenters. The van der Waals surface area contributed by atoms with Crippen LogP contribution in [0.25, 0.3) is 10.9 Å². The molecular weight excluding hydrogens is 214 g/mol. The van der Waals surface area contributed by atoms with Gasteiger partial charge in [0.05, 0.1) is 5.52 Å².